The monoisotopic (exact) mass is 119 g/mol. The summed E-state index contributed by atoms with van der Waals surface area (Å²) in [5.74, 6) is 0.543. The molecule has 0 aliphatic heterocycles. The van der Waals surface area contributed by atoms with Crippen molar-refractivity contribution in [2.75, 3.05) is 0 Å². The van der Waals surface area contributed by atoms with Crippen LogP contribution >= 0.6 is 0 Å². The molecule has 0 bridgehead atoms. The van der Waals surface area contributed by atoms with E-state index in [0.29, 0.717) is 5.92 Å². The molecule has 2 rings (SSSR count). The predicted molar refractivity (Wildman–Crippen MR) is 38.4 cm³/mol. The summed E-state index contributed by atoms with van der Waals surface area (Å²) in [5.41, 5.74) is 1.34. The van der Waals surface area contributed by atoms with E-state index in [0.717, 1.165) is 6.42 Å². The Morgan fingerprint density at radius 3 is 2.56 bits per heavy atom. The first-order valence-electron chi connectivity index (χ1n) is 3.93. The molecule has 1 aromatic rings. The molecule has 0 heterocycles. The second kappa shape index (κ2) is 1.87. The molecule has 0 aromatic heterocycles. The van der Waals surface area contributed by atoms with Crippen LogP contribution in [0.1, 0.15) is 25.7 Å². The van der Waals surface area contributed by atoms with E-state index in [4.69, 9.17) is 1.37 Å². The third-order valence-corrected chi connectivity index (χ3v) is 1.70. The standard InChI is InChI=1S/C9H10/c1-2-4-8(5-3-1)9-6-7-9/h1-5,9H,6-7H2/i6D/t6-,9?/m1/s1. The Labute approximate surface area is 56.9 Å². The van der Waals surface area contributed by atoms with Crippen LogP contribution in [0.15, 0.2) is 30.3 Å². The van der Waals surface area contributed by atoms with Crippen molar-refractivity contribution in [2.45, 2.75) is 18.7 Å². The second-order valence-electron chi connectivity index (χ2n) is 2.49. The highest BCUT2D eigenvalue weighted by Crippen LogP contribution is 2.39. The molecule has 1 aliphatic rings. The van der Waals surface area contributed by atoms with Crippen molar-refractivity contribution in [2.24, 2.45) is 0 Å². The molecule has 1 saturated carbocycles. The molecule has 9 heavy (non-hydrogen) atoms. The van der Waals surface area contributed by atoms with Crippen molar-refractivity contribution in [3.63, 3.8) is 0 Å². The van der Waals surface area contributed by atoms with Crippen LogP contribution in [0.3, 0.4) is 0 Å². The lowest BCUT2D eigenvalue weighted by Gasteiger charge is -1.92. The SMILES string of the molecule is [2H][C@@H]1CC1c1ccccc1. The largest absolute Gasteiger partial charge is 0.0622 e. The lowest BCUT2D eigenvalue weighted by atomic mass is 10.1. The molecule has 0 amide bonds. The fourth-order valence-corrected chi connectivity index (χ4v) is 1.04. The van der Waals surface area contributed by atoms with Gasteiger partial charge < -0.3 is 0 Å². The van der Waals surface area contributed by atoms with Gasteiger partial charge in [-0.1, -0.05) is 30.3 Å². The lowest BCUT2D eigenvalue weighted by Crippen LogP contribution is -1.73. The van der Waals surface area contributed by atoms with Crippen molar-refractivity contribution in [1.29, 1.82) is 0 Å². The Morgan fingerprint density at radius 2 is 2.00 bits per heavy atom. The summed E-state index contributed by atoms with van der Waals surface area (Å²) >= 11 is 0. The van der Waals surface area contributed by atoms with E-state index < -0.39 is 0 Å². The average molecular weight is 119 g/mol. The topological polar surface area (TPSA) is 0 Å². The van der Waals surface area contributed by atoms with Crippen LogP contribution in [0, 0.1) is 0 Å². The van der Waals surface area contributed by atoms with Crippen LogP contribution in [-0.4, -0.2) is 0 Å². The Kier molecular flexibility index (Phi) is 0.853. The van der Waals surface area contributed by atoms with E-state index >= 15 is 0 Å². The van der Waals surface area contributed by atoms with Crippen molar-refractivity contribution in [1.82, 2.24) is 0 Å². The van der Waals surface area contributed by atoms with E-state index in [1.165, 1.54) is 5.56 Å². The molecule has 1 unspecified atom stereocenters. The highest BCUT2D eigenvalue weighted by atomic mass is 14.3. The maximum Gasteiger partial charge on any atom is 0.0273 e. The highest BCUT2D eigenvalue weighted by molar-refractivity contribution is 5.22. The van der Waals surface area contributed by atoms with Gasteiger partial charge in [-0.2, -0.15) is 0 Å². The van der Waals surface area contributed by atoms with Gasteiger partial charge in [0.1, 0.15) is 0 Å². The van der Waals surface area contributed by atoms with Crippen molar-refractivity contribution in [3.05, 3.63) is 35.9 Å². The van der Waals surface area contributed by atoms with Crippen molar-refractivity contribution in [3.8, 4) is 0 Å². The summed E-state index contributed by atoms with van der Waals surface area (Å²) in [6.45, 7) is 0. The van der Waals surface area contributed by atoms with Gasteiger partial charge in [0.05, 0.1) is 0 Å². The predicted octanol–water partition coefficient (Wildman–Crippen LogP) is 2.56. The van der Waals surface area contributed by atoms with Gasteiger partial charge in [-0.3, -0.25) is 0 Å². The van der Waals surface area contributed by atoms with Crippen LogP contribution in [0.4, 0.5) is 0 Å². The number of rotatable bonds is 1. The van der Waals surface area contributed by atoms with Gasteiger partial charge >= 0.3 is 0 Å². The van der Waals surface area contributed by atoms with E-state index in [9.17, 15) is 0 Å². The fraction of sp³-hybridized carbons (Fsp3) is 0.333. The van der Waals surface area contributed by atoms with Crippen LogP contribution in [0.25, 0.3) is 0 Å². The molecule has 2 atom stereocenters. The Bertz CT molecular complexity index is 217. The smallest absolute Gasteiger partial charge is 0.0273 e. The first kappa shape index (κ1) is 4.10. The highest BCUT2D eigenvalue weighted by Gasteiger charge is 2.22. The summed E-state index contributed by atoms with van der Waals surface area (Å²) in [4.78, 5) is 0. The molecule has 0 heteroatoms. The maximum atomic E-state index is 7.39. The normalized spacial score (nSPS) is 33.6. The van der Waals surface area contributed by atoms with Crippen LogP contribution in [0.2, 0.25) is 0 Å². The molecule has 1 aromatic carbocycles. The minimum atomic E-state index is 0.183. The van der Waals surface area contributed by atoms with Gasteiger partial charge in [-0.25, -0.2) is 0 Å². The van der Waals surface area contributed by atoms with Crippen molar-refractivity contribution >= 4 is 0 Å². The van der Waals surface area contributed by atoms with E-state index in [1.807, 2.05) is 18.2 Å². The van der Waals surface area contributed by atoms with Gasteiger partial charge in [-0.05, 0) is 24.3 Å². The summed E-state index contributed by atoms with van der Waals surface area (Å²) in [6.07, 6.45) is 1.24. The van der Waals surface area contributed by atoms with Gasteiger partial charge in [0.25, 0.3) is 0 Å². The summed E-state index contributed by atoms with van der Waals surface area (Å²) in [7, 11) is 0. The molecule has 0 radical (unpaired) electrons. The Balaban J connectivity index is 2.20. The Morgan fingerprint density at radius 1 is 1.33 bits per heavy atom. The minimum Gasteiger partial charge on any atom is -0.0622 e. The quantitative estimate of drug-likeness (QED) is 0.533. The number of hydrogen-bond donors (Lipinski definition) is 0. The van der Waals surface area contributed by atoms with E-state index in [2.05, 4.69) is 12.1 Å². The minimum absolute atomic E-state index is 0.183. The van der Waals surface area contributed by atoms with Gasteiger partial charge in [0.15, 0.2) is 0 Å². The zero-order valence-electron chi connectivity index (χ0n) is 6.25. The summed E-state index contributed by atoms with van der Waals surface area (Å²) in [6, 6.07) is 10.3. The van der Waals surface area contributed by atoms with Gasteiger partial charge in [0.2, 0.25) is 0 Å². The molecule has 0 spiro atoms. The molecule has 0 saturated heterocycles. The van der Waals surface area contributed by atoms with E-state index in [-0.39, 0.29) is 6.40 Å². The van der Waals surface area contributed by atoms with Crippen LogP contribution in [-0.2, 0) is 0 Å². The average Bonchev–Trinajstić information content (AvgIpc) is 2.69. The molecular weight excluding hydrogens is 108 g/mol. The summed E-state index contributed by atoms with van der Waals surface area (Å²) in [5, 5.41) is 0. The molecule has 1 aliphatic carbocycles. The first-order valence-corrected chi connectivity index (χ1v) is 3.35. The zero-order valence-corrected chi connectivity index (χ0v) is 5.25. The molecule has 0 nitrogen and oxygen atoms in total. The van der Waals surface area contributed by atoms with Crippen LogP contribution < -0.4 is 0 Å². The van der Waals surface area contributed by atoms with Crippen molar-refractivity contribution < 1.29 is 1.37 Å². The third-order valence-electron chi connectivity index (χ3n) is 1.70. The summed E-state index contributed by atoms with van der Waals surface area (Å²) < 4.78 is 7.39. The number of benzene rings is 1. The van der Waals surface area contributed by atoms with E-state index in [1.54, 1.807) is 0 Å². The Hall–Kier alpha value is -0.780. The second-order valence-corrected chi connectivity index (χ2v) is 2.49. The molecule has 1 fully saturated rings. The first-order chi connectivity index (χ1) is 4.88. The third kappa shape index (κ3) is 0.973. The molecule has 0 N–H and O–H groups in total. The van der Waals surface area contributed by atoms with Gasteiger partial charge in [0, 0.05) is 1.37 Å². The number of hydrogen-bond acceptors (Lipinski definition) is 0. The van der Waals surface area contributed by atoms with Gasteiger partial charge in [-0.15, -0.1) is 0 Å². The molecular formula is C9H10. The van der Waals surface area contributed by atoms with Crippen LogP contribution in [0.5, 0.6) is 0 Å². The fourth-order valence-electron chi connectivity index (χ4n) is 1.04. The lowest BCUT2D eigenvalue weighted by molar-refractivity contribution is 1.13. The zero-order chi connectivity index (χ0) is 6.97. The molecule has 46 valence electrons. The maximum absolute atomic E-state index is 7.39.